The van der Waals surface area contributed by atoms with Crippen LogP contribution < -0.4 is 0 Å². The monoisotopic (exact) mass is 230 g/mol. The van der Waals surface area contributed by atoms with Crippen LogP contribution in [0.4, 0.5) is 0 Å². The highest BCUT2D eigenvalue weighted by Crippen LogP contribution is 2.09. The Morgan fingerprint density at radius 3 is 2.46 bits per heavy atom. The molecule has 1 atom stereocenters. The zero-order valence-corrected chi connectivity index (χ0v) is 9.40. The van der Waals surface area contributed by atoms with Crippen molar-refractivity contribution in [3.63, 3.8) is 0 Å². The third-order valence-electron chi connectivity index (χ3n) is 1.32. The molecular formula is C7H15ClO4S. The van der Waals surface area contributed by atoms with E-state index in [-0.39, 0.29) is 6.07 Å². The number of halogens is 1. The normalized spacial score (nSPS) is 14.4. The molecular weight excluding hydrogens is 216 g/mol. The van der Waals surface area contributed by atoms with Crippen molar-refractivity contribution in [2.24, 2.45) is 0 Å². The summed E-state index contributed by atoms with van der Waals surface area (Å²) in [5, 5.41) is 0. The minimum Gasteiger partial charge on any atom is -0.336 e. The van der Waals surface area contributed by atoms with Crippen LogP contribution in [-0.4, -0.2) is 27.0 Å². The van der Waals surface area contributed by atoms with Crippen LogP contribution in [0.25, 0.3) is 0 Å². The van der Waals surface area contributed by atoms with E-state index in [1.54, 1.807) is 0 Å². The molecule has 0 saturated carbocycles. The van der Waals surface area contributed by atoms with Crippen LogP contribution in [0.3, 0.4) is 0 Å². The zero-order valence-electron chi connectivity index (χ0n) is 7.82. The topological polar surface area (TPSA) is 52.6 Å². The van der Waals surface area contributed by atoms with Gasteiger partial charge in [-0.1, -0.05) is 24.9 Å². The van der Waals surface area contributed by atoms with Crippen LogP contribution in [0.2, 0.25) is 0 Å². The standard InChI is InChI=1S/C7H15ClO4S/c1-3-4-5-7(11-6-8)12-13(2,9)10/h7H,3-6H2,1-2H3. The third kappa shape index (κ3) is 8.49. The quantitative estimate of drug-likeness (QED) is 0.380. The predicted octanol–water partition coefficient (Wildman–Crippen LogP) is 1.69. The summed E-state index contributed by atoms with van der Waals surface area (Å²) in [5.74, 6) is 0. The molecule has 0 spiro atoms. The van der Waals surface area contributed by atoms with Gasteiger partial charge in [-0.2, -0.15) is 8.42 Å². The van der Waals surface area contributed by atoms with Crippen molar-refractivity contribution in [1.82, 2.24) is 0 Å². The highest BCUT2D eigenvalue weighted by atomic mass is 35.5. The summed E-state index contributed by atoms with van der Waals surface area (Å²) in [6.45, 7) is 2.00. The maximum Gasteiger partial charge on any atom is 0.266 e. The first-order valence-corrected chi connectivity index (χ1v) is 6.40. The van der Waals surface area contributed by atoms with Gasteiger partial charge in [-0.05, 0) is 12.8 Å². The largest absolute Gasteiger partial charge is 0.336 e. The van der Waals surface area contributed by atoms with E-state index in [9.17, 15) is 8.42 Å². The van der Waals surface area contributed by atoms with Crippen molar-refractivity contribution in [2.75, 3.05) is 12.3 Å². The molecule has 0 aliphatic carbocycles. The highest BCUT2D eigenvalue weighted by molar-refractivity contribution is 7.86. The number of ether oxygens (including phenoxy) is 1. The van der Waals surface area contributed by atoms with Crippen molar-refractivity contribution < 1.29 is 17.3 Å². The fraction of sp³-hybridized carbons (Fsp3) is 1.00. The van der Waals surface area contributed by atoms with Crippen molar-refractivity contribution in [2.45, 2.75) is 32.5 Å². The van der Waals surface area contributed by atoms with Crippen LogP contribution in [0.15, 0.2) is 0 Å². The Labute approximate surface area is 84.3 Å². The fourth-order valence-electron chi connectivity index (χ4n) is 0.795. The molecule has 13 heavy (non-hydrogen) atoms. The first-order valence-electron chi connectivity index (χ1n) is 4.05. The average molecular weight is 231 g/mol. The van der Waals surface area contributed by atoms with Crippen LogP contribution in [0.1, 0.15) is 26.2 Å². The summed E-state index contributed by atoms with van der Waals surface area (Å²) in [7, 11) is -3.46. The molecule has 0 aromatic carbocycles. The van der Waals surface area contributed by atoms with Crippen molar-refractivity contribution >= 4 is 21.7 Å². The van der Waals surface area contributed by atoms with E-state index in [1.165, 1.54) is 0 Å². The van der Waals surface area contributed by atoms with E-state index in [4.69, 9.17) is 16.3 Å². The highest BCUT2D eigenvalue weighted by Gasteiger charge is 2.14. The molecule has 0 amide bonds. The molecule has 0 fully saturated rings. The maximum absolute atomic E-state index is 10.7. The summed E-state index contributed by atoms with van der Waals surface area (Å²) in [6, 6.07) is -0.0656. The molecule has 0 aromatic heterocycles. The lowest BCUT2D eigenvalue weighted by Gasteiger charge is -2.14. The molecule has 0 aromatic rings. The minimum absolute atomic E-state index is 0.0656. The molecule has 80 valence electrons. The van der Waals surface area contributed by atoms with E-state index in [2.05, 4.69) is 4.18 Å². The van der Waals surface area contributed by atoms with Gasteiger partial charge in [0.15, 0.2) is 6.29 Å². The Bertz CT molecular complexity index is 215. The predicted molar refractivity (Wildman–Crippen MR) is 51.0 cm³/mol. The van der Waals surface area contributed by atoms with Gasteiger partial charge in [-0.25, -0.2) is 4.18 Å². The van der Waals surface area contributed by atoms with Gasteiger partial charge in [0.2, 0.25) is 0 Å². The van der Waals surface area contributed by atoms with E-state index in [0.29, 0.717) is 6.42 Å². The summed E-state index contributed by atoms with van der Waals surface area (Å²) < 4.78 is 31.0. The first kappa shape index (κ1) is 13.2. The van der Waals surface area contributed by atoms with Crippen LogP contribution >= 0.6 is 11.6 Å². The number of alkyl halides is 1. The number of hydrogen-bond acceptors (Lipinski definition) is 4. The second kappa shape index (κ2) is 6.59. The molecule has 0 heterocycles. The average Bonchev–Trinajstić information content (AvgIpc) is 1.98. The summed E-state index contributed by atoms with van der Waals surface area (Å²) in [6.07, 6.45) is 2.58. The zero-order chi connectivity index (χ0) is 10.3. The Balaban J connectivity index is 3.94. The Kier molecular flexibility index (Phi) is 6.67. The second-order valence-corrected chi connectivity index (χ2v) is 4.47. The SMILES string of the molecule is CCCCC(OCCl)OS(C)(=O)=O. The van der Waals surface area contributed by atoms with E-state index >= 15 is 0 Å². The molecule has 0 N–H and O–H groups in total. The van der Waals surface area contributed by atoms with Gasteiger partial charge in [-0.3, -0.25) is 0 Å². The second-order valence-electron chi connectivity index (χ2n) is 2.65. The molecule has 0 aliphatic rings. The van der Waals surface area contributed by atoms with Crippen LogP contribution in [0, 0.1) is 0 Å². The Morgan fingerprint density at radius 2 is 2.08 bits per heavy atom. The molecule has 0 aliphatic heterocycles. The molecule has 0 rings (SSSR count). The summed E-state index contributed by atoms with van der Waals surface area (Å²) >= 11 is 5.31. The van der Waals surface area contributed by atoms with E-state index in [0.717, 1.165) is 19.1 Å². The lowest BCUT2D eigenvalue weighted by Crippen LogP contribution is -2.20. The molecule has 6 heteroatoms. The number of hydrogen-bond donors (Lipinski definition) is 0. The lowest BCUT2D eigenvalue weighted by molar-refractivity contribution is -0.0629. The molecule has 0 saturated heterocycles. The lowest BCUT2D eigenvalue weighted by atomic mass is 10.2. The minimum atomic E-state index is -3.46. The van der Waals surface area contributed by atoms with Gasteiger partial charge in [0.1, 0.15) is 6.07 Å². The first-order chi connectivity index (χ1) is 5.99. The van der Waals surface area contributed by atoms with Crippen molar-refractivity contribution in [3.8, 4) is 0 Å². The van der Waals surface area contributed by atoms with Crippen molar-refractivity contribution in [3.05, 3.63) is 0 Å². The number of unbranched alkanes of at least 4 members (excludes halogenated alkanes) is 1. The van der Waals surface area contributed by atoms with Gasteiger partial charge in [0.25, 0.3) is 10.1 Å². The van der Waals surface area contributed by atoms with E-state index in [1.807, 2.05) is 6.92 Å². The molecule has 0 radical (unpaired) electrons. The van der Waals surface area contributed by atoms with Crippen LogP contribution in [-0.2, 0) is 19.0 Å². The summed E-state index contributed by atoms with van der Waals surface area (Å²) in [5.41, 5.74) is 0. The smallest absolute Gasteiger partial charge is 0.266 e. The maximum atomic E-state index is 10.7. The fourth-order valence-corrected chi connectivity index (χ4v) is 1.48. The number of rotatable bonds is 7. The Morgan fingerprint density at radius 1 is 1.46 bits per heavy atom. The Hall–Kier alpha value is 0.160. The molecule has 4 nitrogen and oxygen atoms in total. The van der Waals surface area contributed by atoms with Gasteiger partial charge in [-0.15, -0.1) is 0 Å². The van der Waals surface area contributed by atoms with Crippen LogP contribution in [0.5, 0.6) is 0 Å². The van der Waals surface area contributed by atoms with E-state index < -0.39 is 16.4 Å². The summed E-state index contributed by atoms with van der Waals surface area (Å²) in [4.78, 5) is 0. The molecule has 1 unspecified atom stereocenters. The van der Waals surface area contributed by atoms with Crippen molar-refractivity contribution in [1.29, 1.82) is 0 Å². The van der Waals surface area contributed by atoms with Gasteiger partial charge in [0.05, 0.1) is 6.26 Å². The van der Waals surface area contributed by atoms with Gasteiger partial charge in [0, 0.05) is 0 Å². The third-order valence-corrected chi connectivity index (χ3v) is 2.01. The van der Waals surface area contributed by atoms with Gasteiger partial charge < -0.3 is 4.74 Å². The van der Waals surface area contributed by atoms with Gasteiger partial charge >= 0.3 is 0 Å². The molecule has 0 bridgehead atoms.